The summed E-state index contributed by atoms with van der Waals surface area (Å²) in [6.45, 7) is 0. The molecule has 0 fully saturated rings. The number of para-hydroxylation sites is 2. The second kappa shape index (κ2) is 5.09. The fourth-order valence-corrected chi connectivity index (χ4v) is 1.45. The first-order chi connectivity index (χ1) is 8.33. The minimum Gasteiger partial charge on any atom is -0.493 e. The maximum Gasteiger partial charge on any atom is 0.169 e. The van der Waals surface area contributed by atoms with E-state index in [0.29, 0.717) is 11.5 Å². The van der Waals surface area contributed by atoms with Gasteiger partial charge < -0.3 is 9.47 Å². The van der Waals surface area contributed by atoms with Gasteiger partial charge in [0.15, 0.2) is 11.5 Å². The minimum atomic E-state index is 0.684. The lowest BCUT2D eigenvalue weighted by molar-refractivity contribution is 0.379. The van der Waals surface area contributed by atoms with Crippen LogP contribution in [-0.2, 0) is 0 Å². The highest BCUT2D eigenvalue weighted by Crippen LogP contribution is 2.30. The molecule has 2 nitrogen and oxygen atoms in total. The van der Waals surface area contributed by atoms with E-state index in [0.717, 1.165) is 11.3 Å². The predicted molar refractivity (Wildman–Crippen MR) is 67.4 cm³/mol. The number of hydrogen-bond acceptors (Lipinski definition) is 2. The van der Waals surface area contributed by atoms with E-state index in [2.05, 4.69) is 5.92 Å². The maximum absolute atomic E-state index is 5.71. The zero-order chi connectivity index (χ0) is 12.1. The smallest absolute Gasteiger partial charge is 0.169 e. The molecule has 0 unspecified atom stereocenters. The number of benzene rings is 2. The van der Waals surface area contributed by atoms with Crippen LogP contribution in [0.3, 0.4) is 0 Å². The van der Waals surface area contributed by atoms with Crippen LogP contribution in [0.15, 0.2) is 48.5 Å². The van der Waals surface area contributed by atoms with Gasteiger partial charge in [0.25, 0.3) is 0 Å². The summed E-state index contributed by atoms with van der Waals surface area (Å²) < 4.78 is 10.9. The van der Waals surface area contributed by atoms with Crippen molar-refractivity contribution in [1.29, 1.82) is 0 Å². The van der Waals surface area contributed by atoms with Gasteiger partial charge in [-0.1, -0.05) is 18.1 Å². The van der Waals surface area contributed by atoms with E-state index in [4.69, 9.17) is 15.9 Å². The molecule has 0 aromatic heterocycles. The molecule has 0 N–H and O–H groups in total. The third-order valence-corrected chi connectivity index (χ3v) is 2.32. The van der Waals surface area contributed by atoms with Gasteiger partial charge in [-0.05, 0) is 36.4 Å². The standard InChI is InChI=1S/C15H12O2/c1-3-12-8-10-13(11-9-12)17-15-7-5-4-6-14(15)16-2/h1,4-11H,2H3. The molecule has 2 rings (SSSR count). The molecule has 0 amide bonds. The van der Waals surface area contributed by atoms with Gasteiger partial charge in [0, 0.05) is 5.56 Å². The molecule has 0 heterocycles. The van der Waals surface area contributed by atoms with E-state index < -0.39 is 0 Å². The highest BCUT2D eigenvalue weighted by molar-refractivity contribution is 5.44. The van der Waals surface area contributed by atoms with E-state index in [1.165, 1.54) is 0 Å². The quantitative estimate of drug-likeness (QED) is 0.743. The summed E-state index contributed by atoms with van der Waals surface area (Å²) in [5.41, 5.74) is 0.831. The third-order valence-electron chi connectivity index (χ3n) is 2.32. The Kier molecular flexibility index (Phi) is 3.32. The molecule has 0 spiro atoms. The Labute approximate surface area is 101 Å². The van der Waals surface area contributed by atoms with Crippen molar-refractivity contribution in [2.45, 2.75) is 0 Å². The van der Waals surface area contributed by atoms with Crippen molar-refractivity contribution in [3.8, 4) is 29.6 Å². The topological polar surface area (TPSA) is 18.5 Å². The molecular weight excluding hydrogens is 212 g/mol. The van der Waals surface area contributed by atoms with Gasteiger partial charge in [-0.15, -0.1) is 6.42 Å². The monoisotopic (exact) mass is 224 g/mol. The Morgan fingerprint density at radius 1 is 0.941 bits per heavy atom. The fraction of sp³-hybridized carbons (Fsp3) is 0.0667. The Morgan fingerprint density at radius 3 is 2.18 bits per heavy atom. The summed E-state index contributed by atoms with van der Waals surface area (Å²) in [5, 5.41) is 0. The average molecular weight is 224 g/mol. The highest BCUT2D eigenvalue weighted by Gasteiger charge is 2.03. The van der Waals surface area contributed by atoms with Crippen LogP contribution in [0.1, 0.15) is 5.56 Å². The number of ether oxygens (including phenoxy) is 2. The second-order valence-electron chi connectivity index (χ2n) is 3.42. The molecule has 2 aromatic carbocycles. The first kappa shape index (κ1) is 11.1. The van der Waals surface area contributed by atoms with Crippen LogP contribution in [-0.4, -0.2) is 7.11 Å². The van der Waals surface area contributed by atoms with Crippen LogP contribution in [0.25, 0.3) is 0 Å². The highest BCUT2D eigenvalue weighted by atomic mass is 16.5. The van der Waals surface area contributed by atoms with Gasteiger partial charge in [-0.3, -0.25) is 0 Å². The molecule has 0 saturated heterocycles. The summed E-state index contributed by atoms with van der Waals surface area (Å²) >= 11 is 0. The molecule has 0 aliphatic heterocycles. The Hall–Kier alpha value is -2.40. The number of methoxy groups -OCH3 is 1. The van der Waals surface area contributed by atoms with Crippen molar-refractivity contribution < 1.29 is 9.47 Å². The van der Waals surface area contributed by atoms with Crippen molar-refractivity contribution >= 4 is 0 Å². The van der Waals surface area contributed by atoms with Crippen LogP contribution in [0.2, 0.25) is 0 Å². The molecule has 2 aromatic rings. The summed E-state index contributed by atoms with van der Waals surface area (Å²) in [7, 11) is 1.61. The zero-order valence-corrected chi connectivity index (χ0v) is 9.51. The van der Waals surface area contributed by atoms with E-state index in [1.54, 1.807) is 7.11 Å². The van der Waals surface area contributed by atoms with Crippen molar-refractivity contribution in [2.24, 2.45) is 0 Å². The molecule has 0 aliphatic rings. The molecule has 0 radical (unpaired) electrons. The molecular formula is C15H12O2. The van der Waals surface area contributed by atoms with Crippen LogP contribution in [0.5, 0.6) is 17.2 Å². The first-order valence-electron chi connectivity index (χ1n) is 5.21. The van der Waals surface area contributed by atoms with E-state index >= 15 is 0 Å². The molecule has 0 aliphatic carbocycles. The van der Waals surface area contributed by atoms with Crippen LogP contribution in [0, 0.1) is 12.3 Å². The van der Waals surface area contributed by atoms with E-state index in [-0.39, 0.29) is 0 Å². The van der Waals surface area contributed by atoms with Crippen LogP contribution in [0.4, 0.5) is 0 Å². The van der Waals surface area contributed by atoms with Gasteiger partial charge in [0.05, 0.1) is 7.11 Å². The Bertz CT molecular complexity index is 536. The van der Waals surface area contributed by atoms with Crippen molar-refractivity contribution in [1.82, 2.24) is 0 Å². The Balaban J connectivity index is 2.22. The average Bonchev–Trinajstić information content (AvgIpc) is 2.40. The zero-order valence-electron chi connectivity index (χ0n) is 9.51. The SMILES string of the molecule is C#Cc1ccc(Oc2ccccc2OC)cc1. The summed E-state index contributed by atoms with van der Waals surface area (Å²) in [4.78, 5) is 0. The van der Waals surface area contributed by atoms with Gasteiger partial charge >= 0.3 is 0 Å². The van der Waals surface area contributed by atoms with Crippen molar-refractivity contribution in [3.05, 3.63) is 54.1 Å². The van der Waals surface area contributed by atoms with E-state index in [1.807, 2.05) is 48.5 Å². The lowest BCUT2D eigenvalue weighted by Gasteiger charge is -2.09. The fourth-order valence-electron chi connectivity index (χ4n) is 1.45. The maximum atomic E-state index is 5.71. The van der Waals surface area contributed by atoms with E-state index in [9.17, 15) is 0 Å². The van der Waals surface area contributed by atoms with Crippen LogP contribution < -0.4 is 9.47 Å². The predicted octanol–water partition coefficient (Wildman–Crippen LogP) is 3.47. The van der Waals surface area contributed by atoms with Gasteiger partial charge in [0.2, 0.25) is 0 Å². The third kappa shape index (κ3) is 2.59. The molecule has 0 saturated carbocycles. The lowest BCUT2D eigenvalue weighted by atomic mass is 10.2. The number of terminal acetylenes is 1. The van der Waals surface area contributed by atoms with Gasteiger partial charge in [0.1, 0.15) is 5.75 Å². The largest absolute Gasteiger partial charge is 0.493 e. The summed E-state index contributed by atoms with van der Waals surface area (Å²) in [5.74, 6) is 4.68. The minimum absolute atomic E-state index is 0.684. The number of hydrogen-bond donors (Lipinski definition) is 0. The number of rotatable bonds is 3. The van der Waals surface area contributed by atoms with Crippen LogP contribution >= 0.6 is 0 Å². The molecule has 0 atom stereocenters. The Morgan fingerprint density at radius 2 is 1.59 bits per heavy atom. The normalized spacial score (nSPS) is 9.41. The molecule has 2 heteroatoms. The molecule has 17 heavy (non-hydrogen) atoms. The first-order valence-corrected chi connectivity index (χ1v) is 5.21. The summed E-state index contributed by atoms with van der Waals surface area (Å²) in [6.07, 6.45) is 5.29. The van der Waals surface area contributed by atoms with Gasteiger partial charge in [-0.25, -0.2) is 0 Å². The molecule has 0 bridgehead atoms. The molecule has 84 valence electrons. The van der Waals surface area contributed by atoms with Crippen molar-refractivity contribution in [2.75, 3.05) is 7.11 Å². The van der Waals surface area contributed by atoms with Crippen molar-refractivity contribution in [3.63, 3.8) is 0 Å². The summed E-state index contributed by atoms with van der Waals surface area (Å²) in [6, 6.07) is 14.8. The lowest BCUT2D eigenvalue weighted by Crippen LogP contribution is -1.89. The second-order valence-corrected chi connectivity index (χ2v) is 3.42. The van der Waals surface area contributed by atoms with Gasteiger partial charge in [-0.2, -0.15) is 0 Å².